The van der Waals surface area contributed by atoms with Crippen molar-refractivity contribution in [3.63, 3.8) is 0 Å². The van der Waals surface area contributed by atoms with Crippen molar-refractivity contribution in [3.05, 3.63) is 0 Å². The van der Waals surface area contributed by atoms with Crippen molar-refractivity contribution in [1.82, 2.24) is 31.9 Å². The number of aliphatic carboxylic acids is 1. The fourth-order valence-corrected chi connectivity index (χ4v) is 23.2. The Kier molecular flexibility index (Phi) is 27.2. The Morgan fingerprint density at radius 2 is 0.622 bits per heavy atom. The number of esters is 6. The molecule has 0 aromatic heterocycles. The third kappa shape index (κ3) is 26.4. The van der Waals surface area contributed by atoms with Gasteiger partial charge in [0.15, 0.2) is 18.2 Å². The average molecular weight is 1570 g/mol. The highest BCUT2D eigenvalue weighted by Crippen LogP contribution is 2.51. The van der Waals surface area contributed by atoms with Crippen LogP contribution in [0, 0.1) is 52.3 Å². The van der Waals surface area contributed by atoms with Gasteiger partial charge in [-0.25, -0.2) is 0 Å². The molecule has 8 aliphatic rings. The smallest absolute Gasteiger partial charge is 0.311 e. The number of carbonyl (C=O) groups is 7. The monoisotopic (exact) mass is 1570 g/mol. The van der Waals surface area contributed by atoms with Crippen LogP contribution in [0.4, 0.5) is 0 Å². The molecular weight excluding hydrogens is 1420 g/mol. The van der Waals surface area contributed by atoms with E-state index in [4.69, 9.17) is 47.4 Å². The molecule has 638 valence electrons. The highest BCUT2D eigenvalue weighted by atomic mass is 16.7. The lowest BCUT2D eigenvalue weighted by Gasteiger charge is -2.53. The van der Waals surface area contributed by atoms with Crippen molar-refractivity contribution >= 4 is 41.8 Å². The maximum absolute atomic E-state index is 16.1. The summed E-state index contributed by atoms with van der Waals surface area (Å²) in [6, 6.07) is 0. The zero-order valence-corrected chi connectivity index (χ0v) is 74.2. The first kappa shape index (κ1) is 92.4. The van der Waals surface area contributed by atoms with E-state index in [-0.39, 0.29) is 91.5 Å². The molecule has 0 aromatic carbocycles. The van der Waals surface area contributed by atoms with Crippen LogP contribution in [0.3, 0.4) is 0 Å². The van der Waals surface area contributed by atoms with Gasteiger partial charge in [-0.1, -0.05) is 13.8 Å². The molecule has 0 aromatic rings. The Hall–Kier alpha value is -4.11. The lowest BCUT2D eigenvalue weighted by molar-refractivity contribution is -0.342. The first-order valence-corrected chi connectivity index (χ1v) is 41.7. The topological polar surface area (TPSA) is 304 Å². The molecule has 1 spiro atoms. The van der Waals surface area contributed by atoms with Crippen LogP contribution in [0.25, 0.3) is 0 Å². The van der Waals surface area contributed by atoms with Gasteiger partial charge < -0.3 is 84.4 Å². The standard InChI is InChI=1S/C87H152N6O18/c1-72(2,70-102-48-87(49-103-70)50-104-71(105-51-87)86(29,30)111-65(98)32-59(53-37-75(7,8)89-76(9,10)38-53)58(31-62(94)95)52-35-73(3,4)88-74(5,6)36-52)47-85(27,28)110-64(97)34-61(68(100)108-56-43-81(19,20)92-82(21,22)44-56)66(69(101)109-57-45-83(23,24)93-84(25,26)46-57)60(67(99)107-55-41-79(15,16)91-80(17,18)42-55)33-63(96)106-54-39-77(11,12)90-78(13,14)40-54/h52-61,66,70-71,88-93H,31-51H2,1-30H3,(H,94,95). The Balaban J connectivity index is 1.02. The van der Waals surface area contributed by atoms with Crippen molar-refractivity contribution < 1.29 is 86.0 Å². The van der Waals surface area contributed by atoms with E-state index in [0.717, 1.165) is 25.7 Å². The van der Waals surface area contributed by atoms with E-state index >= 15 is 24.0 Å². The molecule has 8 fully saturated rings. The zero-order valence-electron chi connectivity index (χ0n) is 74.2. The van der Waals surface area contributed by atoms with Crippen molar-refractivity contribution in [2.24, 2.45) is 52.3 Å². The van der Waals surface area contributed by atoms with E-state index in [2.05, 4.69) is 87.3 Å². The number of nitrogens with one attached hydrogen (secondary N) is 6. The van der Waals surface area contributed by atoms with Crippen molar-refractivity contribution in [2.45, 2.75) is 432 Å². The van der Waals surface area contributed by atoms with Crippen LogP contribution in [-0.2, 0) is 80.9 Å². The first-order chi connectivity index (χ1) is 50.1. The fraction of sp³-hybridized carbons (Fsp3) is 0.920. The van der Waals surface area contributed by atoms with E-state index in [9.17, 15) is 14.7 Å². The summed E-state index contributed by atoms with van der Waals surface area (Å²) in [6.07, 6.45) is 0.586. The average Bonchev–Trinajstić information content (AvgIpc) is 0.771. The molecule has 8 aliphatic heterocycles. The summed E-state index contributed by atoms with van der Waals surface area (Å²) in [5.74, 6) is -11.5. The van der Waals surface area contributed by atoms with E-state index < -0.39 is 176 Å². The number of hydrogen-bond acceptors (Lipinski definition) is 23. The Labute approximate surface area is 666 Å². The highest BCUT2D eigenvalue weighted by Gasteiger charge is 2.56. The lowest BCUT2D eigenvalue weighted by atomic mass is 9.60. The van der Waals surface area contributed by atoms with Gasteiger partial charge in [-0.15, -0.1) is 0 Å². The summed E-state index contributed by atoms with van der Waals surface area (Å²) in [5, 5.41) is 32.8. The van der Waals surface area contributed by atoms with Crippen LogP contribution in [0.2, 0.25) is 0 Å². The summed E-state index contributed by atoms with van der Waals surface area (Å²) in [4.78, 5) is 106. The summed E-state index contributed by atoms with van der Waals surface area (Å²) in [7, 11) is 0. The van der Waals surface area contributed by atoms with Gasteiger partial charge in [-0.2, -0.15) is 0 Å². The van der Waals surface area contributed by atoms with Crippen molar-refractivity contribution in [2.75, 3.05) is 26.4 Å². The summed E-state index contributed by atoms with van der Waals surface area (Å²) in [5.41, 5.74) is -9.02. The number of ether oxygens (including phenoxy) is 10. The summed E-state index contributed by atoms with van der Waals surface area (Å²) >= 11 is 0. The number of carbonyl (C=O) groups excluding carboxylic acids is 6. The van der Waals surface area contributed by atoms with E-state index in [1.165, 1.54) is 0 Å². The van der Waals surface area contributed by atoms with Gasteiger partial charge in [0, 0.05) is 136 Å². The predicted octanol–water partition coefficient (Wildman–Crippen LogP) is 13.0. The third-order valence-electron chi connectivity index (χ3n) is 24.3. The second-order valence-electron chi connectivity index (χ2n) is 45.8. The SMILES string of the molecule is CC1(C)CC(OC(=O)CC(C(=O)OC2CC(C)(C)NC(C)(C)C2)C(C(=O)OC2CC(C)(C)NC(C)(C)C2)C(CC(=O)OC(C)(C)CC(C)(C)C2OCC3(CO2)COC(C(C)(C)OC(=O)CC(C2CC(C)(C)NC(C)(C)C2)C(CC(=O)O)C2CC(C)(C)NC(C)(C)C2)OC3)C(=O)OC2CC(C)(C)NC(C)(C)C2)CC(C)(C)N1. The summed E-state index contributed by atoms with van der Waals surface area (Å²) < 4.78 is 65.4. The minimum atomic E-state index is -1.82. The number of rotatable bonds is 26. The van der Waals surface area contributed by atoms with Crippen LogP contribution >= 0.6 is 0 Å². The molecule has 8 saturated heterocycles. The Bertz CT molecular complexity index is 3210. The molecule has 0 saturated carbocycles. The highest BCUT2D eigenvalue weighted by molar-refractivity contribution is 5.91. The minimum Gasteiger partial charge on any atom is -0.481 e. The van der Waals surface area contributed by atoms with Crippen LogP contribution in [0.5, 0.6) is 0 Å². The number of carboxylic acid groups (broad SMARTS) is 1. The molecule has 7 N–H and O–H groups in total. The molecule has 0 aliphatic carbocycles. The van der Waals surface area contributed by atoms with Crippen molar-refractivity contribution in [1.29, 1.82) is 0 Å². The molecule has 24 heteroatoms. The largest absolute Gasteiger partial charge is 0.481 e. The van der Waals surface area contributed by atoms with Gasteiger partial charge in [0.1, 0.15) is 30.0 Å². The van der Waals surface area contributed by atoms with E-state index in [0.29, 0.717) is 51.4 Å². The van der Waals surface area contributed by atoms with Gasteiger partial charge in [0.2, 0.25) is 0 Å². The molecule has 0 amide bonds. The van der Waals surface area contributed by atoms with Crippen LogP contribution in [0.15, 0.2) is 0 Å². The molecule has 24 nitrogen and oxygen atoms in total. The first-order valence-electron chi connectivity index (χ1n) is 41.7. The second-order valence-corrected chi connectivity index (χ2v) is 45.8. The zero-order chi connectivity index (χ0) is 83.7. The molecule has 5 unspecified atom stereocenters. The Morgan fingerprint density at radius 3 is 0.946 bits per heavy atom. The molecule has 111 heavy (non-hydrogen) atoms. The predicted molar refractivity (Wildman–Crippen MR) is 426 cm³/mol. The molecule has 8 heterocycles. The lowest BCUT2D eigenvalue weighted by Crippen LogP contribution is -2.61. The molecule has 0 bridgehead atoms. The van der Waals surface area contributed by atoms with Crippen LogP contribution in [0.1, 0.15) is 317 Å². The number of carboxylic acids is 1. The van der Waals surface area contributed by atoms with Gasteiger partial charge in [-0.3, -0.25) is 33.6 Å². The van der Waals surface area contributed by atoms with Gasteiger partial charge >= 0.3 is 41.8 Å². The maximum Gasteiger partial charge on any atom is 0.311 e. The van der Waals surface area contributed by atoms with Gasteiger partial charge in [0.05, 0.1) is 62.4 Å². The van der Waals surface area contributed by atoms with E-state index in [1.807, 2.05) is 125 Å². The quantitative estimate of drug-likeness (QED) is 0.0313. The van der Waals surface area contributed by atoms with Crippen LogP contribution in [-0.4, -0.2) is 188 Å². The van der Waals surface area contributed by atoms with Gasteiger partial charge in [0.25, 0.3) is 0 Å². The van der Waals surface area contributed by atoms with E-state index in [1.54, 1.807) is 27.7 Å². The molecular formula is C87H152N6O18. The maximum atomic E-state index is 16.1. The molecule has 8 rings (SSSR count). The van der Waals surface area contributed by atoms with Crippen molar-refractivity contribution in [3.8, 4) is 0 Å². The van der Waals surface area contributed by atoms with Crippen LogP contribution < -0.4 is 31.9 Å². The molecule has 0 radical (unpaired) electrons. The normalized spacial score (nSPS) is 29.4. The second kappa shape index (κ2) is 32.7. The van der Waals surface area contributed by atoms with Gasteiger partial charge in [-0.05, 0) is 250 Å². The Morgan fingerprint density at radius 1 is 0.351 bits per heavy atom. The summed E-state index contributed by atoms with van der Waals surface area (Å²) in [6.45, 7) is 61.4. The number of piperidine rings is 6. The third-order valence-corrected chi connectivity index (χ3v) is 24.3. The number of hydrogen-bond donors (Lipinski definition) is 7. The minimum absolute atomic E-state index is 0.0330. The fourth-order valence-electron chi connectivity index (χ4n) is 23.2. The molecule has 5 atom stereocenters.